The number of nitrogens with zero attached hydrogens (tertiary/aromatic N) is 3. The predicted octanol–water partition coefficient (Wildman–Crippen LogP) is 5.37. The van der Waals surface area contributed by atoms with Gasteiger partial charge >= 0.3 is 0 Å². The second-order valence-electron chi connectivity index (χ2n) is 10.6. The molecule has 5 rings (SSSR count). The van der Waals surface area contributed by atoms with Crippen molar-refractivity contribution in [1.82, 2.24) is 10.2 Å². The summed E-state index contributed by atoms with van der Waals surface area (Å²) in [5.74, 6) is 0.637. The molecule has 0 radical (unpaired) electrons. The molecule has 2 heterocycles. The molecule has 2 N–H and O–H groups in total. The topological polar surface area (TPSA) is 103 Å². The second kappa shape index (κ2) is 12.2. The van der Waals surface area contributed by atoms with Crippen LogP contribution >= 0.6 is 11.8 Å². The lowest BCUT2D eigenvalue weighted by Gasteiger charge is -2.25. The van der Waals surface area contributed by atoms with Gasteiger partial charge in [-0.15, -0.1) is 0 Å². The lowest BCUT2D eigenvalue weighted by atomic mass is 9.95. The van der Waals surface area contributed by atoms with Crippen LogP contribution in [0.1, 0.15) is 75.8 Å². The Morgan fingerprint density at radius 1 is 1.03 bits per heavy atom. The monoisotopic (exact) mass is 545 g/mol. The van der Waals surface area contributed by atoms with Crippen LogP contribution in [0, 0.1) is 0 Å². The van der Waals surface area contributed by atoms with E-state index < -0.39 is 6.04 Å². The average molecular weight is 546 g/mol. The van der Waals surface area contributed by atoms with Crippen LogP contribution in [0.2, 0.25) is 0 Å². The number of carbonyl (C=O) groups excluding carboxylic acids is 3. The molecule has 0 bridgehead atoms. The summed E-state index contributed by atoms with van der Waals surface area (Å²) in [4.78, 5) is 49.7. The normalized spacial score (nSPS) is 18.8. The van der Waals surface area contributed by atoms with Gasteiger partial charge in [0.2, 0.25) is 11.8 Å². The predicted molar refractivity (Wildman–Crippen MR) is 157 cm³/mol. The minimum atomic E-state index is -0.651. The van der Waals surface area contributed by atoms with E-state index in [0.29, 0.717) is 29.0 Å². The van der Waals surface area contributed by atoms with Crippen molar-refractivity contribution in [3.63, 3.8) is 0 Å². The highest BCUT2D eigenvalue weighted by Crippen LogP contribution is 2.34. The molecule has 1 saturated carbocycles. The zero-order chi connectivity index (χ0) is 27.4. The largest absolute Gasteiger partial charge is 0.353 e. The third-order valence-corrected chi connectivity index (χ3v) is 8.29. The van der Waals surface area contributed by atoms with Gasteiger partial charge in [-0.2, -0.15) is 0 Å². The van der Waals surface area contributed by atoms with E-state index in [9.17, 15) is 14.4 Å². The first kappa shape index (κ1) is 27.1. The Morgan fingerprint density at radius 2 is 1.77 bits per heavy atom. The number of rotatable bonds is 8. The van der Waals surface area contributed by atoms with E-state index in [4.69, 9.17) is 9.98 Å². The number of fused-ring (bicyclic) bond motifs is 3. The summed E-state index contributed by atoms with van der Waals surface area (Å²) in [5.41, 5.74) is 3.42. The van der Waals surface area contributed by atoms with Crippen LogP contribution in [0.3, 0.4) is 0 Å². The minimum absolute atomic E-state index is 0.0264. The van der Waals surface area contributed by atoms with E-state index in [2.05, 4.69) is 24.5 Å². The maximum Gasteiger partial charge on any atom is 0.259 e. The third kappa shape index (κ3) is 6.41. The van der Waals surface area contributed by atoms with Crippen molar-refractivity contribution < 1.29 is 14.4 Å². The Kier molecular flexibility index (Phi) is 8.45. The van der Waals surface area contributed by atoms with Gasteiger partial charge in [-0.3, -0.25) is 19.4 Å². The molecule has 1 fully saturated rings. The van der Waals surface area contributed by atoms with E-state index >= 15 is 0 Å². The van der Waals surface area contributed by atoms with Gasteiger partial charge in [-0.1, -0.05) is 69.1 Å². The number of amidine groups is 2. The summed E-state index contributed by atoms with van der Waals surface area (Å²) in [7, 11) is 0. The van der Waals surface area contributed by atoms with Gasteiger partial charge in [0.1, 0.15) is 11.9 Å². The molecule has 3 amide bonds. The summed E-state index contributed by atoms with van der Waals surface area (Å²) < 4.78 is 0. The van der Waals surface area contributed by atoms with Crippen LogP contribution in [0.4, 0.5) is 11.4 Å². The molecular weight excluding hydrogens is 510 g/mol. The molecule has 2 aromatic rings. The number of thioether (sulfide) groups is 1. The van der Waals surface area contributed by atoms with E-state index in [0.717, 1.165) is 36.9 Å². The summed E-state index contributed by atoms with van der Waals surface area (Å²) in [6.07, 6.45) is 6.16. The first-order chi connectivity index (χ1) is 18.9. The number of hydrogen-bond donors (Lipinski definition) is 2. The van der Waals surface area contributed by atoms with Crippen molar-refractivity contribution in [2.45, 2.75) is 76.8 Å². The number of nitrogens with one attached hydrogen (secondary N) is 2. The molecule has 1 atom stereocenters. The van der Waals surface area contributed by atoms with Gasteiger partial charge in [0, 0.05) is 23.7 Å². The molecule has 2 aromatic carbocycles. The van der Waals surface area contributed by atoms with Gasteiger partial charge in [0.25, 0.3) is 5.91 Å². The Balaban J connectivity index is 1.23. The Labute approximate surface area is 233 Å². The van der Waals surface area contributed by atoms with Crippen LogP contribution in [-0.2, 0) is 14.4 Å². The van der Waals surface area contributed by atoms with E-state index in [1.807, 2.05) is 48.5 Å². The summed E-state index contributed by atoms with van der Waals surface area (Å²) in [5, 5.41) is 6.47. The molecule has 8 nitrogen and oxygen atoms in total. The van der Waals surface area contributed by atoms with Gasteiger partial charge in [0.15, 0.2) is 5.17 Å². The average Bonchev–Trinajstić information content (AvgIpc) is 3.28. The lowest BCUT2D eigenvalue weighted by Crippen LogP contribution is -2.42. The number of aliphatic imine (C=N–C) groups is 2. The number of amides is 3. The van der Waals surface area contributed by atoms with Crippen LogP contribution < -0.4 is 10.6 Å². The van der Waals surface area contributed by atoms with Gasteiger partial charge in [0.05, 0.1) is 11.4 Å². The van der Waals surface area contributed by atoms with Crippen molar-refractivity contribution >= 4 is 51.9 Å². The highest BCUT2D eigenvalue weighted by atomic mass is 32.2. The zero-order valence-corrected chi connectivity index (χ0v) is 23.3. The minimum Gasteiger partial charge on any atom is -0.353 e. The number of benzene rings is 2. The standard InChI is InChI=1S/C30H35N5O3S/c1-19(2)20-12-14-22(15-13-20)32-27(37)18-39-30-34-24-11-7-6-10-23(24)28-33-25(29(38)35(28)30)16-17-26(36)31-21-8-4-3-5-9-21/h6-7,10-15,19,21,25H,3-5,8-9,16-18H2,1-2H3,(H,31,36)(H,32,37). The van der Waals surface area contributed by atoms with Crippen LogP contribution in [-0.4, -0.2) is 51.5 Å². The number of carbonyl (C=O) groups is 3. The van der Waals surface area contributed by atoms with E-state index in [-0.39, 0.29) is 35.9 Å². The summed E-state index contributed by atoms with van der Waals surface area (Å²) in [6.45, 7) is 4.25. The highest BCUT2D eigenvalue weighted by Gasteiger charge is 2.41. The maximum absolute atomic E-state index is 13.5. The molecule has 0 spiro atoms. The molecule has 3 aliphatic rings. The van der Waals surface area contributed by atoms with E-state index in [1.165, 1.54) is 28.6 Å². The Morgan fingerprint density at radius 3 is 2.51 bits per heavy atom. The van der Waals surface area contributed by atoms with Crippen molar-refractivity contribution in [2.75, 3.05) is 11.1 Å². The second-order valence-corrected chi connectivity index (χ2v) is 11.6. The first-order valence-corrected chi connectivity index (χ1v) is 14.8. The molecule has 204 valence electrons. The quantitative estimate of drug-likeness (QED) is 0.465. The summed E-state index contributed by atoms with van der Waals surface area (Å²) >= 11 is 1.21. The molecule has 1 unspecified atom stereocenters. The lowest BCUT2D eigenvalue weighted by molar-refractivity contribution is -0.125. The van der Waals surface area contributed by atoms with Crippen LogP contribution in [0.25, 0.3) is 0 Å². The van der Waals surface area contributed by atoms with Crippen molar-refractivity contribution in [3.8, 4) is 0 Å². The van der Waals surface area contributed by atoms with Gasteiger partial charge < -0.3 is 10.6 Å². The SMILES string of the molecule is CC(C)c1ccc(NC(=O)CSC2=Nc3ccccc3C3=NC(CCC(=O)NC4CCCCC4)C(=O)N23)cc1. The number of anilines is 1. The number of hydrogen-bond acceptors (Lipinski definition) is 6. The van der Waals surface area contributed by atoms with Crippen LogP contribution in [0.15, 0.2) is 58.5 Å². The molecule has 0 saturated heterocycles. The van der Waals surface area contributed by atoms with Gasteiger partial charge in [-0.25, -0.2) is 9.89 Å². The number of para-hydroxylation sites is 1. The van der Waals surface area contributed by atoms with Crippen molar-refractivity contribution in [2.24, 2.45) is 9.98 Å². The fourth-order valence-electron chi connectivity index (χ4n) is 5.18. The maximum atomic E-state index is 13.5. The molecule has 2 aliphatic heterocycles. The Hall–Kier alpha value is -3.46. The molecule has 39 heavy (non-hydrogen) atoms. The van der Waals surface area contributed by atoms with Crippen molar-refractivity contribution in [1.29, 1.82) is 0 Å². The fraction of sp³-hybridized carbons (Fsp3) is 0.433. The molecular formula is C30H35N5O3S. The Bertz CT molecular complexity index is 1300. The smallest absolute Gasteiger partial charge is 0.259 e. The third-order valence-electron chi connectivity index (χ3n) is 7.36. The molecule has 0 aromatic heterocycles. The first-order valence-electron chi connectivity index (χ1n) is 13.8. The van der Waals surface area contributed by atoms with Crippen LogP contribution in [0.5, 0.6) is 0 Å². The van der Waals surface area contributed by atoms with Gasteiger partial charge in [-0.05, 0) is 55.0 Å². The zero-order valence-electron chi connectivity index (χ0n) is 22.5. The molecule has 9 heteroatoms. The summed E-state index contributed by atoms with van der Waals surface area (Å²) in [6, 6.07) is 15.0. The van der Waals surface area contributed by atoms with E-state index in [1.54, 1.807) is 0 Å². The molecule has 1 aliphatic carbocycles. The van der Waals surface area contributed by atoms with Crippen molar-refractivity contribution in [3.05, 3.63) is 59.7 Å². The highest BCUT2D eigenvalue weighted by molar-refractivity contribution is 8.14. The fourth-order valence-corrected chi connectivity index (χ4v) is 5.98.